The molecule has 1 unspecified atom stereocenters. The number of fused-ring (bicyclic) bond motifs is 1. The van der Waals surface area contributed by atoms with Gasteiger partial charge in [0, 0.05) is 5.56 Å². The zero-order valence-electron chi connectivity index (χ0n) is 18.1. The second-order valence-corrected chi connectivity index (χ2v) is 7.80. The van der Waals surface area contributed by atoms with Gasteiger partial charge in [-0.2, -0.15) is 0 Å². The van der Waals surface area contributed by atoms with Crippen LogP contribution in [-0.2, 0) is 10.4 Å². The molecule has 1 heterocycles. The second kappa shape index (κ2) is 8.85. The van der Waals surface area contributed by atoms with Gasteiger partial charge in [0.1, 0.15) is 18.1 Å². The number of aryl methyl sites for hydroxylation is 1. The van der Waals surface area contributed by atoms with Crippen molar-refractivity contribution in [1.82, 2.24) is 0 Å². The quantitative estimate of drug-likeness (QED) is 0.548. The lowest BCUT2D eigenvalue weighted by molar-refractivity contribution is -0.135. The van der Waals surface area contributed by atoms with Crippen molar-refractivity contribution >= 4 is 17.4 Å². The summed E-state index contributed by atoms with van der Waals surface area (Å²) in [5.74, 6) is 0.209. The normalized spacial score (nSPS) is 17.2. The van der Waals surface area contributed by atoms with Gasteiger partial charge in [-0.1, -0.05) is 48.0 Å². The van der Waals surface area contributed by atoms with E-state index in [1.807, 2.05) is 31.2 Å². The molecule has 3 aromatic rings. The smallest absolute Gasteiger partial charge is 0.264 e. The minimum absolute atomic E-state index is 0.245. The Labute approximate surface area is 187 Å². The zero-order valence-corrected chi connectivity index (χ0v) is 18.1. The molecule has 0 radical (unpaired) electrons. The first-order valence-electron chi connectivity index (χ1n) is 10.4. The van der Waals surface area contributed by atoms with E-state index in [2.05, 4.69) is 0 Å². The monoisotopic (exact) mass is 431 g/mol. The maximum Gasteiger partial charge on any atom is 0.264 e. The Bertz CT molecular complexity index is 1140. The summed E-state index contributed by atoms with van der Waals surface area (Å²) in [6.07, 6.45) is -0.376. The van der Waals surface area contributed by atoms with Gasteiger partial charge in [0.25, 0.3) is 5.91 Å². The van der Waals surface area contributed by atoms with Gasteiger partial charge < -0.3 is 19.5 Å². The third-order valence-corrected chi connectivity index (χ3v) is 5.67. The molecule has 0 bridgehead atoms. The number of carbonyl (C=O) groups excluding carboxylic acids is 2. The minimum atomic E-state index is -1.95. The summed E-state index contributed by atoms with van der Waals surface area (Å²) >= 11 is 0. The summed E-state index contributed by atoms with van der Waals surface area (Å²) in [6, 6.07) is 21.4. The molecule has 0 aromatic heterocycles. The number of aliphatic hydroxyl groups is 1. The van der Waals surface area contributed by atoms with E-state index >= 15 is 0 Å². The molecule has 0 saturated carbocycles. The van der Waals surface area contributed by atoms with Crippen LogP contribution in [0, 0.1) is 6.92 Å². The number of para-hydroxylation sites is 2. The van der Waals surface area contributed by atoms with Crippen LogP contribution in [0.2, 0.25) is 0 Å². The molecule has 0 fully saturated rings. The van der Waals surface area contributed by atoms with Crippen LogP contribution < -0.4 is 14.4 Å². The molecule has 3 aromatic carbocycles. The van der Waals surface area contributed by atoms with Crippen LogP contribution in [0.25, 0.3) is 0 Å². The van der Waals surface area contributed by atoms with Crippen molar-refractivity contribution in [3.8, 4) is 11.5 Å². The maximum absolute atomic E-state index is 13.3. The summed E-state index contributed by atoms with van der Waals surface area (Å²) in [5.41, 5.74) is 0.517. The summed E-state index contributed by atoms with van der Waals surface area (Å²) in [6.45, 7) is 2.49. The lowest BCUT2D eigenvalue weighted by atomic mass is 9.88. The van der Waals surface area contributed by atoms with E-state index in [0.717, 1.165) is 5.56 Å². The number of hydrogen-bond donors (Lipinski definition) is 1. The zero-order chi connectivity index (χ0) is 22.7. The number of anilines is 1. The summed E-state index contributed by atoms with van der Waals surface area (Å²) in [7, 11) is 1.48. The Morgan fingerprint density at radius 3 is 2.44 bits per heavy atom. The fourth-order valence-electron chi connectivity index (χ4n) is 3.99. The number of carbonyl (C=O) groups is 2. The van der Waals surface area contributed by atoms with Crippen molar-refractivity contribution in [3.05, 3.63) is 89.5 Å². The number of Topliss-reactive ketones (excluding diaryl/α,β-unsaturated/α-hetero) is 1. The first-order valence-corrected chi connectivity index (χ1v) is 10.4. The van der Waals surface area contributed by atoms with Crippen molar-refractivity contribution in [2.75, 3.05) is 25.2 Å². The van der Waals surface area contributed by atoms with E-state index in [4.69, 9.17) is 9.47 Å². The fourth-order valence-corrected chi connectivity index (χ4v) is 3.99. The lowest BCUT2D eigenvalue weighted by Gasteiger charge is -2.23. The molecule has 6 nitrogen and oxygen atoms in total. The van der Waals surface area contributed by atoms with E-state index in [9.17, 15) is 14.7 Å². The van der Waals surface area contributed by atoms with Gasteiger partial charge in [0.2, 0.25) is 0 Å². The van der Waals surface area contributed by atoms with Crippen molar-refractivity contribution < 1.29 is 24.2 Å². The molecule has 1 amide bonds. The Kier molecular flexibility index (Phi) is 5.97. The Morgan fingerprint density at radius 2 is 1.69 bits per heavy atom. The average molecular weight is 431 g/mol. The predicted molar refractivity (Wildman–Crippen MR) is 121 cm³/mol. The number of benzene rings is 3. The number of ether oxygens (including phenoxy) is 2. The predicted octanol–water partition coefficient (Wildman–Crippen LogP) is 3.89. The molecule has 0 aliphatic carbocycles. The third-order valence-electron chi connectivity index (χ3n) is 5.67. The molecule has 0 saturated heterocycles. The lowest BCUT2D eigenvalue weighted by Crippen LogP contribution is -2.43. The first kappa shape index (κ1) is 21.6. The van der Waals surface area contributed by atoms with Crippen LogP contribution in [0.1, 0.15) is 27.9 Å². The Morgan fingerprint density at radius 1 is 1.00 bits per heavy atom. The number of amides is 1. The summed E-state index contributed by atoms with van der Waals surface area (Å²) < 4.78 is 11.0. The van der Waals surface area contributed by atoms with Gasteiger partial charge in [-0.15, -0.1) is 0 Å². The number of rotatable bonds is 8. The van der Waals surface area contributed by atoms with E-state index in [0.29, 0.717) is 28.3 Å². The van der Waals surface area contributed by atoms with Crippen LogP contribution in [0.4, 0.5) is 5.69 Å². The SMILES string of the molecule is COc1ccccc1C(=O)CC1(O)C(=O)N(CCOc2ccc(C)cc2)c2ccccc21. The van der Waals surface area contributed by atoms with Crippen LogP contribution in [-0.4, -0.2) is 37.1 Å². The first-order chi connectivity index (χ1) is 15.4. The van der Waals surface area contributed by atoms with Crippen LogP contribution in [0.5, 0.6) is 11.5 Å². The van der Waals surface area contributed by atoms with Crippen LogP contribution in [0.3, 0.4) is 0 Å². The van der Waals surface area contributed by atoms with Gasteiger partial charge in [-0.25, -0.2) is 0 Å². The standard InChI is InChI=1S/C26H25NO5/c1-18-11-13-19(14-12-18)32-16-15-27-22-9-5-4-8-21(22)26(30,25(27)29)17-23(28)20-7-3-6-10-24(20)31-2/h3-14,30H,15-17H2,1-2H3. The third kappa shape index (κ3) is 3.97. The van der Waals surface area contributed by atoms with Crippen molar-refractivity contribution in [1.29, 1.82) is 0 Å². The second-order valence-electron chi connectivity index (χ2n) is 7.80. The van der Waals surface area contributed by atoms with Crippen LogP contribution >= 0.6 is 0 Å². The minimum Gasteiger partial charge on any atom is -0.496 e. The van der Waals surface area contributed by atoms with E-state index < -0.39 is 11.5 Å². The van der Waals surface area contributed by atoms with Crippen molar-refractivity contribution in [2.24, 2.45) is 0 Å². The fraction of sp³-hybridized carbons (Fsp3) is 0.231. The number of hydrogen-bond acceptors (Lipinski definition) is 5. The highest BCUT2D eigenvalue weighted by Crippen LogP contribution is 2.43. The molecule has 0 spiro atoms. The van der Waals surface area contributed by atoms with Crippen molar-refractivity contribution in [2.45, 2.75) is 18.9 Å². The van der Waals surface area contributed by atoms with Crippen molar-refractivity contribution in [3.63, 3.8) is 0 Å². The summed E-state index contributed by atoms with van der Waals surface area (Å²) in [4.78, 5) is 27.9. The van der Waals surface area contributed by atoms with Crippen LogP contribution in [0.15, 0.2) is 72.8 Å². The highest BCUT2D eigenvalue weighted by molar-refractivity contribution is 6.11. The highest BCUT2D eigenvalue weighted by atomic mass is 16.5. The largest absolute Gasteiger partial charge is 0.496 e. The molecule has 1 aliphatic rings. The van der Waals surface area contributed by atoms with Gasteiger partial charge in [0.05, 0.1) is 31.3 Å². The highest BCUT2D eigenvalue weighted by Gasteiger charge is 2.50. The Hall–Kier alpha value is -3.64. The van der Waals surface area contributed by atoms with E-state index in [-0.39, 0.29) is 25.4 Å². The van der Waals surface area contributed by atoms with E-state index in [1.165, 1.54) is 12.0 Å². The molecule has 32 heavy (non-hydrogen) atoms. The van der Waals surface area contributed by atoms with E-state index in [1.54, 1.807) is 48.5 Å². The molecular formula is C26H25NO5. The van der Waals surface area contributed by atoms with Gasteiger partial charge in [-0.3, -0.25) is 9.59 Å². The summed E-state index contributed by atoms with van der Waals surface area (Å²) in [5, 5.41) is 11.4. The molecular weight excluding hydrogens is 406 g/mol. The van der Waals surface area contributed by atoms with Gasteiger partial charge in [-0.05, 0) is 37.3 Å². The molecule has 164 valence electrons. The topological polar surface area (TPSA) is 76.1 Å². The Balaban J connectivity index is 1.55. The number of ketones is 1. The number of nitrogens with zero attached hydrogens (tertiary/aromatic N) is 1. The maximum atomic E-state index is 13.3. The molecule has 6 heteroatoms. The average Bonchev–Trinajstić information content (AvgIpc) is 3.02. The van der Waals surface area contributed by atoms with Gasteiger partial charge >= 0.3 is 0 Å². The molecule has 4 rings (SSSR count). The number of methoxy groups -OCH3 is 1. The molecule has 1 atom stereocenters. The molecule has 1 N–H and O–H groups in total. The molecule has 1 aliphatic heterocycles. The van der Waals surface area contributed by atoms with Gasteiger partial charge in [0.15, 0.2) is 11.4 Å².